The van der Waals surface area contributed by atoms with Gasteiger partial charge in [0, 0.05) is 29.8 Å². The van der Waals surface area contributed by atoms with E-state index in [0.29, 0.717) is 6.54 Å². The minimum absolute atomic E-state index is 0.141. The number of hydroxylamine groups is 2. The van der Waals surface area contributed by atoms with E-state index in [1.165, 1.54) is 13.2 Å². The molecule has 0 aliphatic carbocycles. The molecule has 0 spiro atoms. The Labute approximate surface area is 155 Å². The zero-order valence-electron chi connectivity index (χ0n) is 15.3. The smallest absolute Gasteiger partial charge is 0.296 e. The Balaban J connectivity index is 1.88. The molecule has 0 saturated heterocycles. The van der Waals surface area contributed by atoms with Crippen LogP contribution in [-0.4, -0.2) is 47.0 Å². The molecule has 142 valence electrons. The number of nitrogens with zero attached hydrogens (tertiary/aromatic N) is 3. The van der Waals surface area contributed by atoms with Gasteiger partial charge in [0.15, 0.2) is 0 Å². The molecule has 0 atom stereocenters. The number of hydrogen-bond donors (Lipinski definition) is 1. The summed E-state index contributed by atoms with van der Waals surface area (Å²) in [5.41, 5.74) is 2.16. The first-order chi connectivity index (χ1) is 12.9. The van der Waals surface area contributed by atoms with E-state index < -0.39 is 17.5 Å². The number of nitrogens with one attached hydrogen (secondary N) is 1. The standard InChI is InChI=1S/C19H20F2N4O2/c1-24(2)10-13-8-22-18-9-23-17(7-15(13)18)19(26)25(27-3)11-12-4-5-14(20)6-16(12)21/h4-9,22H,10-11H2,1-3H3. The zero-order chi connectivity index (χ0) is 19.6. The predicted molar refractivity (Wildman–Crippen MR) is 96.7 cm³/mol. The van der Waals surface area contributed by atoms with Gasteiger partial charge in [-0.15, -0.1) is 0 Å². The molecule has 2 heterocycles. The average molecular weight is 374 g/mol. The molecule has 3 aromatic rings. The van der Waals surface area contributed by atoms with Gasteiger partial charge in [-0.25, -0.2) is 18.8 Å². The number of hydrogen-bond acceptors (Lipinski definition) is 4. The largest absolute Gasteiger partial charge is 0.360 e. The summed E-state index contributed by atoms with van der Waals surface area (Å²) in [6, 6.07) is 4.86. The van der Waals surface area contributed by atoms with E-state index in [1.54, 1.807) is 12.3 Å². The van der Waals surface area contributed by atoms with Crippen molar-refractivity contribution >= 4 is 16.8 Å². The highest BCUT2D eigenvalue weighted by Crippen LogP contribution is 2.21. The Hall–Kier alpha value is -2.84. The Bertz CT molecular complexity index is 971. The maximum Gasteiger partial charge on any atom is 0.296 e. The van der Waals surface area contributed by atoms with E-state index in [-0.39, 0.29) is 17.8 Å². The number of aromatic amines is 1. The third kappa shape index (κ3) is 4.12. The van der Waals surface area contributed by atoms with Crippen molar-refractivity contribution in [1.82, 2.24) is 19.9 Å². The average Bonchev–Trinajstić information content (AvgIpc) is 3.02. The molecule has 0 radical (unpaired) electrons. The van der Waals surface area contributed by atoms with Gasteiger partial charge >= 0.3 is 0 Å². The van der Waals surface area contributed by atoms with Crippen molar-refractivity contribution < 1.29 is 18.4 Å². The van der Waals surface area contributed by atoms with Gasteiger partial charge < -0.3 is 9.88 Å². The van der Waals surface area contributed by atoms with Gasteiger partial charge in [-0.1, -0.05) is 6.07 Å². The number of benzene rings is 1. The van der Waals surface area contributed by atoms with Gasteiger partial charge in [0.1, 0.15) is 17.3 Å². The number of halogens is 2. The molecule has 0 aliphatic heterocycles. The molecule has 1 amide bonds. The van der Waals surface area contributed by atoms with Gasteiger partial charge in [0.2, 0.25) is 0 Å². The summed E-state index contributed by atoms with van der Waals surface area (Å²) in [4.78, 5) is 27.2. The summed E-state index contributed by atoms with van der Waals surface area (Å²) >= 11 is 0. The van der Waals surface area contributed by atoms with E-state index in [1.807, 2.05) is 25.2 Å². The molecule has 6 nitrogen and oxygen atoms in total. The predicted octanol–water partition coefficient (Wildman–Crippen LogP) is 3.11. The normalized spacial score (nSPS) is 11.3. The van der Waals surface area contributed by atoms with E-state index in [9.17, 15) is 13.6 Å². The van der Waals surface area contributed by atoms with Crippen molar-refractivity contribution in [3.05, 3.63) is 65.1 Å². The lowest BCUT2D eigenvalue weighted by Gasteiger charge is -2.19. The molecular weight excluding hydrogens is 354 g/mol. The lowest BCUT2D eigenvalue weighted by molar-refractivity contribution is -0.102. The SMILES string of the molecule is CON(Cc1ccc(F)cc1F)C(=O)c1cc2c(CN(C)C)c[nH]c2cn1. The quantitative estimate of drug-likeness (QED) is 0.674. The van der Waals surface area contributed by atoms with Crippen LogP contribution in [0.5, 0.6) is 0 Å². The number of carbonyl (C=O) groups is 1. The lowest BCUT2D eigenvalue weighted by Crippen LogP contribution is -2.30. The molecule has 0 fully saturated rings. The molecule has 0 unspecified atom stereocenters. The highest BCUT2D eigenvalue weighted by Gasteiger charge is 2.20. The molecule has 0 aliphatic rings. The summed E-state index contributed by atoms with van der Waals surface area (Å²) in [6.07, 6.45) is 3.45. The fraction of sp³-hybridized carbons (Fsp3) is 0.263. The van der Waals surface area contributed by atoms with Crippen LogP contribution in [0.4, 0.5) is 8.78 Å². The van der Waals surface area contributed by atoms with Crippen LogP contribution in [-0.2, 0) is 17.9 Å². The zero-order valence-corrected chi connectivity index (χ0v) is 15.3. The summed E-state index contributed by atoms with van der Waals surface area (Å²) in [5, 5.41) is 1.87. The number of H-pyrrole nitrogens is 1. The Morgan fingerprint density at radius 1 is 1.19 bits per heavy atom. The number of carbonyl (C=O) groups excluding carboxylic acids is 1. The van der Waals surface area contributed by atoms with E-state index in [2.05, 4.69) is 9.97 Å². The van der Waals surface area contributed by atoms with Crippen molar-refractivity contribution in [2.24, 2.45) is 0 Å². The second kappa shape index (κ2) is 7.81. The van der Waals surface area contributed by atoms with Crippen LogP contribution in [0.25, 0.3) is 10.9 Å². The Morgan fingerprint density at radius 3 is 2.63 bits per heavy atom. The maximum atomic E-state index is 13.9. The minimum atomic E-state index is -0.743. The summed E-state index contributed by atoms with van der Waals surface area (Å²) < 4.78 is 27.0. The van der Waals surface area contributed by atoms with Crippen molar-refractivity contribution in [3.8, 4) is 0 Å². The van der Waals surface area contributed by atoms with Crippen LogP contribution in [0.3, 0.4) is 0 Å². The number of pyridine rings is 1. The summed E-state index contributed by atoms with van der Waals surface area (Å²) in [5.74, 6) is -1.94. The number of aromatic nitrogens is 2. The minimum Gasteiger partial charge on any atom is -0.360 e. The molecule has 2 aromatic heterocycles. The third-order valence-corrected chi connectivity index (χ3v) is 4.13. The van der Waals surface area contributed by atoms with Crippen molar-refractivity contribution in [1.29, 1.82) is 0 Å². The second-order valence-electron chi connectivity index (χ2n) is 6.43. The van der Waals surface area contributed by atoms with Crippen LogP contribution in [0.15, 0.2) is 36.7 Å². The van der Waals surface area contributed by atoms with Crippen LogP contribution < -0.4 is 0 Å². The van der Waals surface area contributed by atoms with Gasteiger partial charge in [-0.2, -0.15) is 0 Å². The molecule has 0 bridgehead atoms. The Kier molecular flexibility index (Phi) is 5.48. The molecule has 3 rings (SSSR count). The van der Waals surface area contributed by atoms with Crippen LogP contribution in [0, 0.1) is 11.6 Å². The number of amides is 1. The molecule has 8 heteroatoms. The Morgan fingerprint density at radius 2 is 1.96 bits per heavy atom. The molecule has 1 aromatic carbocycles. The number of fused-ring (bicyclic) bond motifs is 1. The highest BCUT2D eigenvalue weighted by molar-refractivity contribution is 5.96. The van der Waals surface area contributed by atoms with Gasteiger partial charge in [-0.05, 0) is 31.8 Å². The number of rotatable bonds is 6. The monoisotopic (exact) mass is 374 g/mol. The fourth-order valence-corrected chi connectivity index (χ4v) is 2.82. The summed E-state index contributed by atoms with van der Waals surface area (Å²) in [7, 11) is 5.22. The molecular formula is C19H20F2N4O2. The second-order valence-corrected chi connectivity index (χ2v) is 6.43. The molecule has 27 heavy (non-hydrogen) atoms. The van der Waals surface area contributed by atoms with Crippen LogP contribution in [0.2, 0.25) is 0 Å². The maximum absolute atomic E-state index is 13.9. The first kappa shape index (κ1) is 18.9. The van der Waals surface area contributed by atoms with Crippen molar-refractivity contribution in [3.63, 3.8) is 0 Å². The van der Waals surface area contributed by atoms with Gasteiger partial charge in [0.25, 0.3) is 5.91 Å². The third-order valence-electron chi connectivity index (χ3n) is 4.13. The molecule has 0 saturated carbocycles. The topological polar surface area (TPSA) is 61.5 Å². The van der Waals surface area contributed by atoms with E-state index in [0.717, 1.165) is 33.7 Å². The van der Waals surface area contributed by atoms with Gasteiger partial charge in [-0.3, -0.25) is 9.63 Å². The molecule has 1 N–H and O–H groups in total. The highest BCUT2D eigenvalue weighted by atomic mass is 19.1. The van der Waals surface area contributed by atoms with Crippen molar-refractivity contribution in [2.45, 2.75) is 13.1 Å². The van der Waals surface area contributed by atoms with Crippen LogP contribution in [0.1, 0.15) is 21.6 Å². The van der Waals surface area contributed by atoms with E-state index in [4.69, 9.17) is 4.84 Å². The van der Waals surface area contributed by atoms with E-state index >= 15 is 0 Å². The van der Waals surface area contributed by atoms with Crippen molar-refractivity contribution in [2.75, 3.05) is 21.2 Å². The first-order valence-electron chi connectivity index (χ1n) is 8.29. The fourth-order valence-electron chi connectivity index (χ4n) is 2.82. The van der Waals surface area contributed by atoms with Crippen LogP contribution >= 0.6 is 0 Å². The first-order valence-corrected chi connectivity index (χ1v) is 8.29. The summed E-state index contributed by atoms with van der Waals surface area (Å²) in [6.45, 7) is 0.533. The lowest BCUT2D eigenvalue weighted by atomic mass is 10.1. The van der Waals surface area contributed by atoms with Gasteiger partial charge in [0.05, 0.1) is 25.4 Å².